The summed E-state index contributed by atoms with van der Waals surface area (Å²) in [6.07, 6.45) is 37.9. The van der Waals surface area contributed by atoms with Gasteiger partial charge in [0.25, 0.3) is 0 Å². The van der Waals surface area contributed by atoms with E-state index in [2.05, 4.69) is 31.3 Å². The number of carbonyl (C=O) groups excluding carboxylic acids is 1. The number of rotatable bonds is 36. The molecule has 0 aromatic carbocycles. The Bertz CT molecular complexity index is 794. The number of aliphatic hydroxyl groups is 1. The molecule has 0 aliphatic rings. The van der Waals surface area contributed by atoms with Gasteiger partial charge >= 0.3 is 7.82 Å². The SMILES string of the molecule is CCCCCCCCCC/C=C/CC/C=C/C(O)C(COP(=O)(O)OCCN)NC(=O)CCCCCCCCCCCCCCCC. The van der Waals surface area contributed by atoms with Crippen LogP contribution in [0.25, 0.3) is 0 Å². The van der Waals surface area contributed by atoms with Gasteiger partial charge in [0.1, 0.15) is 0 Å². The largest absolute Gasteiger partial charge is 0.472 e. The minimum Gasteiger partial charge on any atom is -0.387 e. The van der Waals surface area contributed by atoms with Crippen LogP contribution in [0.1, 0.15) is 181 Å². The van der Waals surface area contributed by atoms with Gasteiger partial charge < -0.3 is 21.1 Å². The molecule has 0 aliphatic heterocycles. The first-order chi connectivity index (χ1) is 22.9. The zero-order valence-electron chi connectivity index (χ0n) is 30.5. The maximum absolute atomic E-state index is 12.7. The van der Waals surface area contributed by atoms with Crippen molar-refractivity contribution in [1.29, 1.82) is 0 Å². The summed E-state index contributed by atoms with van der Waals surface area (Å²) in [5.41, 5.74) is 5.35. The number of carbonyl (C=O) groups is 1. The van der Waals surface area contributed by atoms with Crippen LogP contribution >= 0.6 is 7.82 Å². The van der Waals surface area contributed by atoms with Crippen molar-refractivity contribution in [2.45, 2.75) is 193 Å². The van der Waals surface area contributed by atoms with Gasteiger partial charge in [0.15, 0.2) is 0 Å². The molecule has 9 heteroatoms. The van der Waals surface area contributed by atoms with E-state index in [-0.39, 0.29) is 25.7 Å². The van der Waals surface area contributed by atoms with Crippen molar-refractivity contribution in [1.82, 2.24) is 5.32 Å². The Labute approximate surface area is 289 Å². The van der Waals surface area contributed by atoms with Crippen LogP contribution in [0.3, 0.4) is 0 Å². The van der Waals surface area contributed by atoms with Crippen LogP contribution in [-0.4, -0.2) is 47.8 Å². The molecule has 0 saturated carbocycles. The number of amides is 1. The fourth-order valence-corrected chi connectivity index (χ4v) is 6.32. The first-order valence-electron chi connectivity index (χ1n) is 19.5. The molecule has 0 aromatic rings. The molecule has 8 nitrogen and oxygen atoms in total. The molecule has 5 N–H and O–H groups in total. The van der Waals surface area contributed by atoms with E-state index in [9.17, 15) is 19.4 Å². The summed E-state index contributed by atoms with van der Waals surface area (Å²) in [6.45, 7) is 4.10. The van der Waals surface area contributed by atoms with E-state index in [4.69, 9.17) is 14.8 Å². The Balaban J connectivity index is 4.34. The monoisotopic (exact) mass is 687 g/mol. The van der Waals surface area contributed by atoms with Crippen LogP contribution in [0.15, 0.2) is 24.3 Å². The molecule has 0 aromatic heterocycles. The second-order valence-electron chi connectivity index (χ2n) is 13.1. The number of hydrogen-bond acceptors (Lipinski definition) is 6. The summed E-state index contributed by atoms with van der Waals surface area (Å²) in [5, 5.41) is 13.6. The highest BCUT2D eigenvalue weighted by Crippen LogP contribution is 2.43. The minimum absolute atomic E-state index is 0.0756. The van der Waals surface area contributed by atoms with Gasteiger partial charge in [-0.1, -0.05) is 167 Å². The van der Waals surface area contributed by atoms with Gasteiger partial charge in [-0.2, -0.15) is 0 Å². The second-order valence-corrected chi connectivity index (χ2v) is 14.6. The van der Waals surface area contributed by atoms with Gasteiger partial charge in [-0.05, 0) is 32.1 Å². The predicted molar refractivity (Wildman–Crippen MR) is 198 cm³/mol. The van der Waals surface area contributed by atoms with E-state index >= 15 is 0 Å². The molecule has 0 saturated heterocycles. The lowest BCUT2D eigenvalue weighted by Crippen LogP contribution is -2.45. The second kappa shape index (κ2) is 34.8. The Kier molecular flexibility index (Phi) is 34.1. The summed E-state index contributed by atoms with van der Waals surface area (Å²) in [7, 11) is -4.34. The van der Waals surface area contributed by atoms with E-state index in [1.165, 1.54) is 122 Å². The molecule has 0 radical (unpaired) electrons. The third kappa shape index (κ3) is 33.3. The Morgan fingerprint density at radius 3 is 1.64 bits per heavy atom. The molecular weight excluding hydrogens is 611 g/mol. The molecule has 0 rings (SSSR count). The van der Waals surface area contributed by atoms with E-state index < -0.39 is 20.0 Å². The molecule has 0 fully saturated rings. The molecule has 0 heterocycles. The van der Waals surface area contributed by atoms with Gasteiger partial charge in [0.05, 0.1) is 25.4 Å². The number of phosphoric acid groups is 1. The van der Waals surface area contributed by atoms with E-state index in [0.29, 0.717) is 6.42 Å². The Morgan fingerprint density at radius 2 is 1.13 bits per heavy atom. The van der Waals surface area contributed by atoms with Crippen molar-refractivity contribution in [3.63, 3.8) is 0 Å². The smallest absolute Gasteiger partial charge is 0.387 e. The zero-order valence-corrected chi connectivity index (χ0v) is 31.4. The van der Waals surface area contributed by atoms with Crippen LogP contribution in [0.4, 0.5) is 0 Å². The first kappa shape index (κ1) is 46.0. The molecule has 0 spiro atoms. The maximum Gasteiger partial charge on any atom is 0.472 e. The fraction of sp³-hybridized carbons (Fsp3) is 0.868. The predicted octanol–water partition coefficient (Wildman–Crippen LogP) is 10.2. The fourth-order valence-electron chi connectivity index (χ4n) is 5.56. The van der Waals surface area contributed by atoms with Crippen molar-refractivity contribution in [2.24, 2.45) is 5.73 Å². The van der Waals surface area contributed by atoms with E-state index in [0.717, 1.165) is 38.5 Å². The molecule has 3 unspecified atom stereocenters. The average Bonchev–Trinajstić information content (AvgIpc) is 3.05. The third-order valence-corrected chi connectivity index (χ3v) is 9.51. The summed E-state index contributed by atoms with van der Waals surface area (Å²) >= 11 is 0. The number of nitrogens with one attached hydrogen (secondary N) is 1. The zero-order chi connectivity index (χ0) is 34.7. The number of phosphoric ester groups is 1. The number of allylic oxidation sites excluding steroid dienone is 3. The van der Waals surface area contributed by atoms with Gasteiger partial charge in [0, 0.05) is 13.0 Å². The Morgan fingerprint density at radius 1 is 0.681 bits per heavy atom. The van der Waals surface area contributed by atoms with Gasteiger partial charge in [0.2, 0.25) is 5.91 Å². The van der Waals surface area contributed by atoms with Gasteiger partial charge in [-0.3, -0.25) is 13.8 Å². The Hall–Kier alpha value is -1.02. The molecule has 0 aliphatic carbocycles. The number of aliphatic hydroxyl groups excluding tert-OH is 1. The van der Waals surface area contributed by atoms with E-state index in [1.807, 2.05) is 6.08 Å². The number of nitrogens with two attached hydrogens (primary N) is 1. The first-order valence-corrected chi connectivity index (χ1v) is 21.0. The number of unbranched alkanes of at least 4 members (excludes halogenated alkanes) is 22. The summed E-state index contributed by atoms with van der Waals surface area (Å²) in [6, 6.07) is -0.870. The van der Waals surface area contributed by atoms with Crippen molar-refractivity contribution < 1.29 is 28.4 Å². The van der Waals surface area contributed by atoms with Crippen LogP contribution in [0.2, 0.25) is 0 Å². The molecule has 3 atom stereocenters. The van der Waals surface area contributed by atoms with Crippen LogP contribution < -0.4 is 11.1 Å². The lowest BCUT2D eigenvalue weighted by molar-refractivity contribution is -0.123. The standard InChI is InChI=1S/C38H75N2O6P/c1-3-5-7-9-11-13-15-17-19-21-23-25-27-29-31-37(41)36(35-46-47(43,44)45-34-33-39)40-38(42)32-30-28-26-24-22-20-18-16-14-12-10-8-6-4-2/h21,23,29,31,36-37,41H,3-20,22,24-28,30,32-35,39H2,1-2H3,(H,40,42)(H,43,44)/b23-21+,31-29+. The average molecular weight is 687 g/mol. The topological polar surface area (TPSA) is 131 Å². The molecular formula is C38H75N2O6P. The van der Waals surface area contributed by atoms with Crippen LogP contribution in [0, 0.1) is 0 Å². The molecule has 47 heavy (non-hydrogen) atoms. The van der Waals surface area contributed by atoms with Crippen LogP contribution in [-0.2, 0) is 18.4 Å². The van der Waals surface area contributed by atoms with Gasteiger partial charge in [-0.15, -0.1) is 0 Å². The molecule has 1 amide bonds. The summed E-state index contributed by atoms with van der Waals surface area (Å²) in [4.78, 5) is 22.6. The minimum atomic E-state index is -4.34. The van der Waals surface area contributed by atoms with Crippen LogP contribution in [0.5, 0.6) is 0 Å². The third-order valence-electron chi connectivity index (χ3n) is 8.53. The van der Waals surface area contributed by atoms with Gasteiger partial charge in [-0.25, -0.2) is 4.57 Å². The summed E-state index contributed by atoms with van der Waals surface area (Å²) in [5.74, 6) is -0.204. The molecule has 278 valence electrons. The maximum atomic E-state index is 12.7. The normalized spacial score (nSPS) is 14.6. The summed E-state index contributed by atoms with van der Waals surface area (Å²) < 4.78 is 22.0. The highest BCUT2D eigenvalue weighted by atomic mass is 31.2. The highest BCUT2D eigenvalue weighted by Gasteiger charge is 2.26. The number of hydrogen-bond donors (Lipinski definition) is 4. The van der Waals surface area contributed by atoms with E-state index in [1.54, 1.807) is 6.08 Å². The molecule has 0 bridgehead atoms. The van der Waals surface area contributed by atoms with Crippen molar-refractivity contribution in [3.05, 3.63) is 24.3 Å². The van der Waals surface area contributed by atoms with Crippen molar-refractivity contribution in [3.8, 4) is 0 Å². The van der Waals surface area contributed by atoms with Crippen molar-refractivity contribution >= 4 is 13.7 Å². The lowest BCUT2D eigenvalue weighted by atomic mass is 10.0. The highest BCUT2D eigenvalue weighted by molar-refractivity contribution is 7.47. The quantitative estimate of drug-likeness (QED) is 0.0293. The van der Waals surface area contributed by atoms with Crippen molar-refractivity contribution in [2.75, 3.05) is 19.8 Å². The lowest BCUT2D eigenvalue weighted by Gasteiger charge is -2.23.